The van der Waals surface area contributed by atoms with Crippen molar-refractivity contribution in [2.75, 3.05) is 38.0 Å². The minimum absolute atomic E-state index is 0.107. The highest BCUT2D eigenvalue weighted by Gasteiger charge is 2.21. The summed E-state index contributed by atoms with van der Waals surface area (Å²) in [7, 11) is -0.293. The van der Waals surface area contributed by atoms with Gasteiger partial charge in [-0.15, -0.1) is 0 Å². The quantitative estimate of drug-likeness (QED) is 0.867. The molecule has 0 fully saturated rings. The normalized spacial score (nSPS) is 11.8. The molecule has 0 aliphatic rings. The molecule has 18 heavy (non-hydrogen) atoms. The third-order valence-corrected chi connectivity index (χ3v) is 5.07. The Bertz CT molecular complexity index is 508. The molecule has 102 valence electrons. The molecule has 0 radical (unpaired) electrons. The number of thioether (sulfide) groups is 1. The maximum absolute atomic E-state index is 12.2. The predicted octanol–water partition coefficient (Wildman–Crippen LogP) is 1.76. The summed E-state index contributed by atoms with van der Waals surface area (Å²) in [5.74, 6) is 1.20. The molecule has 0 aromatic carbocycles. The molecule has 0 saturated carbocycles. The molecule has 1 heterocycles. The molecule has 0 atom stereocenters. The van der Waals surface area contributed by atoms with Gasteiger partial charge in [-0.05, 0) is 12.3 Å². The first kappa shape index (κ1) is 15.6. The summed E-state index contributed by atoms with van der Waals surface area (Å²) >= 11 is 7.53. The van der Waals surface area contributed by atoms with Crippen molar-refractivity contribution in [3.05, 3.63) is 17.3 Å². The topological polar surface area (TPSA) is 62.3 Å². The molecule has 8 heteroatoms. The molecule has 0 unspecified atom stereocenters. The van der Waals surface area contributed by atoms with Crippen molar-refractivity contribution in [2.24, 2.45) is 0 Å². The van der Waals surface area contributed by atoms with Crippen LogP contribution in [0.4, 0.5) is 5.82 Å². The fraction of sp³-hybridized carbons (Fsp3) is 0.500. The summed E-state index contributed by atoms with van der Waals surface area (Å²) in [6.45, 7) is 0.453. The molecule has 1 N–H and O–H groups in total. The molecule has 0 bridgehead atoms. The van der Waals surface area contributed by atoms with E-state index in [0.717, 1.165) is 5.75 Å². The van der Waals surface area contributed by atoms with Crippen LogP contribution in [-0.4, -0.2) is 50.4 Å². The van der Waals surface area contributed by atoms with Gasteiger partial charge in [0.1, 0.15) is 10.7 Å². The minimum atomic E-state index is -3.51. The summed E-state index contributed by atoms with van der Waals surface area (Å²) in [6, 6.07) is 1.41. The number of sulfonamides is 1. The Hall–Kier alpha value is -0.500. The van der Waals surface area contributed by atoms with Crippen LogP contribution in [0, 0.1) is 0 Å². The number of anilines is 1. The molecule has 1 rings (SSSR count). The predicted molar refractivity (Wildman–Crippen MR) is 77.0 cm³/mol. The molecule has 1 aromatic rings. The fourth-order valence-corrected chi connectivity index (χ4v) is 3.31. The first-order valence-corrected chi connectivity index (χ1v) is 8.43. The summed E-state index contributed by atoms with van der Waals surface area (Å²) in [5, 5.41) is 3.07. The Morgan fingerprint density at radius 2 is 2.22 bits per heavy atom. The third-order valence-electron chi connectivity index (χ3n) is 2.37. The summed E-state index contributed by atoms with van der Waals surface area (Å²) in [4.78, 5) is 4.08. The highest BCUT2D eigenvalue weighted by molar-refractivity contribution is 7.98. The van der Waals surface area contributed by atoms with E-state index in [1.165, 1.54) is 16.6 Å². The zero-order chi connectivity index (χ0) is 13.8. The Balaban J connectivity index is 3.01. The molecule has 0 aliphatic heterocycles. The number of nitrogens with zero attached hydrogens (tertiary/aromatic N) is 2. The van der Waals surface area contributed by atoms with E-state index < -0.39 is 10.0 Å². The second kappa shape index (κ2) is 6.60. The van der Waals surface area contributed by atoms with Gasteiger partial charge in [-0.1, -0.05) is 11.6 Å². The van der Waals surface area contributed by atoms with Crippen LogP contribution in [0.5, 0.6) is 0 Å². The SMILES string of the molecule is CNc1ncc(S(=O)(=O)N(C)CCSC)cc1Cl. The van der Waals surface area contributed by atoms with Crippen molar-refractivity contribution in [1.29, 1.82) is 0 Å². The lowest BCUT2D eigenvalue weighted by Crippen LogP contribution is -2.29. The van der Waals surface area contributed by atoms with Gasteiger partial charge in [-0.25, -0.2) is 17.7 Å². The fourth-order valence-electron chi connectivity index (χ4n) is 1.27. The number of halogens is 1. The van der Waals surface area contributed by atoms with Crippen molar-refractivity contribution in [2.45, 2.75) is 4.90 Å². The van der Waals surface area contributed by atoms with Crippen molar-refractivity contribution in [3.63, 3.8) is 0 Å². The van der Waals surface area contributed by atoms with Gasteiger partial charge in [0.2, 0.25) is 10.0 Å². The molecule has 0 saturated heterocycles. The van der Waals surface area contributed by atoms with Crippen molar-refractivity contribution in [3.8, 4) is 0 Å². The van der Waals surface area contributed by atoms with Crippen molar-refractivity contribution >= 4 is 39.2 Å². The van der Waals surface area contributed by atoms with Crippen LogP contribution >= 0.6 is 23.4 Å². The van der Waals surface area contributed by atoms with E-state index in [1.807, 2.05) is 6.26 Å². The molecule has 0 spiro atoms. The number of aromatic nitrogens is 1. The van der Waals surface area contributed by atoms with E-state index in [4.69, 9.17) is 11.6 Å². The summed E-state index contributed by atoms with van der Waals surface area (Å²) in [5.41, 5.74) is 0. The number of hydrogen-bond acceptors (Lipinski definition) is 5. The van der Waals surface area contributed by atoms with Gasteiger partial charge < -0.3 is 5.32 Å². The van der Waals surface area contributed by atoms with Gasteiger partial charge in [0, 0.05) is 32.6 Å². The van der Waals surface area contributed by atoms with Crippen molar-refractivity contribution in [1.82, 2.24) is 9.29 Å². The average molecular weight is 310 g/mol. The van der Waals surface area contributed by atoms with Gasteiger partial charge in [-0.3, -0.25) is 0 Å². The van der Waals surface area contributed by atoms with E-state index in [0.29, 0.717) is 12.4 Å². The summed E-state index contributed by atoms with van der Waals surface area (Å²) in [6.07, 6.45) is 3.24. The lowest BCUT2D eigenvalue weighted by Gasteiger charge is -2.16. The summed E-state index contributed by atoms with van der Waals surface area (Å²) < 4.78 is 25.7. The van der Waals surface area contributed by atoms with Gasteiger partial charge in [0.15, 0.2) is 0 Å². The largest absolute Gasteiger partial charge is 0.372 e. The van der Waals surface area contributed by atoms with E-state index in [1.54, 1.807) is 25.9 Å². The van der Waals surface area contributed by atoms with E-state index in [9.17, 15) is 8.42 Å². The Labute approximate surface area is 117 Å². The van der Waals surface area contributed by atoms with Crippen LogP contribution in [0.25, 0.3) is 0 Å². The molecule has 0 amide bonds. The van der Waals surface area contributed by atoms with Gasteiger partial charge in [-0.2, -0.15) is 11.8 Å². The zero-order valence-electron chi connectivity index (χ0n) is 10.5. The van der Waals surface area contributed by atoms with Crippen molar-refractivity contribution < 1.29 is 8.42 Å². The van der Waals surface area contributed by atoms with E-state index in [2.05, 4.69) is 10.3 Å². The zero-order valence-corrected chi connectivity index (χ0v) is 12.9. The maximum Gasteiger partial charge on any atom is 0.244 e. The number of hydrogen-bond donors (Lipinski definition) is 1. The van der Waals surface area contributed by atoms with E-state index >= 15 is 0 Å². The molecular formula is C10H16ClN3O2S2. The third kappa shape index (κ3) is 3.50. The van der Waals surface area contributed by atoms with Crippen LogP contribution in [0.15, 0.2) is 17.2 Å². The van der Waals surface area contributed by atoms with Gasteiger partial charge in [0.25, 0.3) is 0 Å². The highest BCUT2D eigenvalue weighted by atomic mass is 35.5. The number of pyridine rings is 1. The molecule has 0 aliphatic carbocycles. The average Bonchev–Trinajstić information content (AvgIpc) is 2.35. The van der Waals surface area contributed by atoms with Crippen LogP contribution in [0.2, 0.25) is 5.02 Å². The smallest absolute Gasteiger partial charge is 0.244 e. The Kier molecular flexibility index (Phi) is 5.71. The lowest BCUT2D eigenvalue weighted by molar-refractivity contribution is 0.488. The van der Waals surface area contributed by atoms with Crippen LogP contribution in [0.3, 0.4) is 0 Å². The molecular weight excluding hydrogens is 294 g/mol. The Morgan fingerprint density at radius 3 is 2.72 bits per heavy atom. The van der Waals surface area contributed by atoms with Gasteiger partial charge >= 0.3 is 0 Å². The van der Waals surface area contributed by atoms with Gasteiger partial charge in [0.05, 0.1) is 5.02 Å². The maximum atomic E-state index is 12.2. The monoisotopic (exact) mass is 309 g/mol. The van der Waals surface area contributed by atoms with Crippen LogP contribution < -0.4 is 5.32 Å². The molecule has 1 aromatic heterocycles. The number of nitrogens with one attached hydrogen (secondary N) is 1. The highest BCUT2D eigenvalue weighted by Crippen LogP contribution is 2.23. The van der Waals surface area contributed by atoms with Crippen LogP contribution in [-0.2, 0) is 10.0 Å². The Morgan fingerprint density at radius 1 is 1.56 bits per heavy atom. The molecule has 5 nitrogen and oxygen atoms in total. The lowest BCUT2D eigenvalue weighted by atomic mass is 10.4. The standard InChI is InChI=1S/C10H16ClN3O2S2/c1-12-10-9(11)6-8(7-13-10)18(15,16)14(2)4-5-17-3/h6-7H,4-5H2,1-3H3,(H,12,13). The van der Waals surface area contributed by atoms with E-state index in [-0.39, 0.29) is 9.92 Å². The minimum Gasteiger partial charge on any atom is -0.372 e. The second-order valence-electron chi connectivity index (χ2n) is 3.57. The van der Waals surface area contributed by atoms with Crippen LogP contribution in [0.1, 0.15) is 0 Å². The first-order valence-electron chi connectivity index (χ1n) is 5.22. The first-order chi connectivity index (χ1) is 8.43. The second-order valence-corrected chi connectivity index (χ2v) is 7.01. The number of rotatable bonds is 6.